The Morgan fingerprint density at radius 2 is 2.28 bits per heavy atom. The molecule has 0 aliphatic carbocycles. The molecule has 0 bridgehead atoms. The number of likely N-dealkylation sites (tertiary alicyclic amines) is 1. The van der Waals surface area contributed by atoms with E-state index in [0.717, 1.165) is 17.7 Å². The van der Waals surface area contributed by atoms with Crippen LogP contribution in [-0.4, -0.2) is 46.7 Å². The minimum absolute atomic E-state index is 0.106. The first-order valence-corrected chi connectivity index (χ1v) is 9.51. The van der Waals surface area contributed by atoms with Crippen LogP contribution in [-0.2, 0) is 22.6 Å². The molecule has 25 heavy (non-hydrogen) atoms. The van der Waals surface area contributed by atoms with Crippen molar-refractivity contribution in [1.82, 2.24) is 14.8 Å². The third-order valence-corrected chi connectivity index (χ3v) is 5.32. The number of amides is 2. The first-order valence-electron chi connectivity index (χ1n) is 8.57. The Morgan fingerprint density at radius 1 is 1.40 bits per heavy atom. The highest BCUT2D eigenvalue weighted by Crippen LogP contribution is 2.21. The summed E-state index contributed by atoms with van der Waals surface area (Å²) in [7, 11) is 1.84. The van der Waals surface area contributed by atoms with E-state index in [1.807, 2.05) is 41.6 Å². The number of hydrogen-bond donors (Lipinski definition) is 0. The zero-order valence-corrected chi connectivity index (χ0v) is 15.2. The minimum Gasteiger partial charge on any atom is -0.342 e. The van der Waals surface area contributed by atoms with Crippen LogP contribution in [0.2, 0.25) is 0 Å². The lowest BCUT2D eigenvalue weighted by Gasteiger charge is -2.33. The molecule has 1 unspecified atom stereocenters. The number of aromatic nitrogens is 1. The summed E-state index contributed by atoms with van der Waals surface area (Å²) in [5.41, 5.74) is 2.12. The Balaban J connectivity index is 1.55. The molecule has 1 aliphatic rings. The molecule has 2 amide bonds. The first kappa shape index (κ1) is 17.6. The second-order valence-electron chi connectivity index (χ2n) is 6.47. The van der Waals surface area contributed by atoms with Gasteiger partial charge in [-0.2, -0.15) is 11.3 Å². The van der Waals surface area contributed by atoms with Crippen molar-refractivity contribution in [2.45, 2.75) is 25.8 Å². The summed E-state index contributed by atoms with van der Waals surface area (Å²) in [5, 5.41) is 4.08. The molecule has 0 radical (unpaired) electrons. The van der Waals surface area contributed by atoms with Gasteiger partial charge in [0.15, 0.2) is 0 Å². The average Bonchev–Trinajstić information content (AvgIpc) is 3.14. The number of carbonyl (C=O) groups excluding carboxylic acids is 2. The molecule has 6 heteroatoms. The van der Waals surface area contributed by atoms with Crippen molar-refractivity contribution in [3.8, 4) is 0 Å². The molecular formula is C19H23N3O2S. The molecule has 2 aromatic heterocycles. The molecule has 0 N–H and O–H groups in total. The van der Waals surface area contributed by atoms with Gasteiger partial charge >= 0.3 is 0 Å². The molecule has 1 atom stereocenters. The summed E-state index contributed by atoms with van der Waals surface area (Å²) < 4.78 is 0. The number of hydrogen-bond acceptors (Lipinski definition) is 4. The summed E-state index contributed by atoms with van der Waals surface area (Å²) in [6.45, 7) is 1.76. The fourth-order valence-electron chi connectivity index (χ4n) is 3.17. The highest BCUT2D eigenvalue weighted by molar-refractivity contribution is 7.07. The lowest BCUT2D eigenvalue weighted by atomic mass is 9.95. The first-order chi connectivity index (χ1) is 12.1. The Labute approximate surface area is 152 Å². The van der Waals surface area contributed by atoms with Crippen molar-refractivity contribution in [3.05, 3.63) is 52.5 Å². The molecule has 5 nitrogen and oxygen atoms in total. The van der Waals surface area contributed by atoms with Gasteiger partial charge in [-0.1, -0.05) is 6.07 Å². The number of carbonyl (C=O) groups is 2. The summed E-state index contributed by atoms with van der Waals surface area (Å²) in [4.78, 5) is 32.8. The third kappa shape index (κ3) is 4.66. The van der Waals surface area contributed by atoms with Gasteiger partial charge in [0.2, 0.25) is 11.8 Å². The van der Waals surface area contributed by atoms with E-state index in [1.165, 1.54) is 0 Å². The predicted octanol–water partition coefficient (Wildman–Crippen LogP) is 2.58. The maximum Gasteiger partial charge on any atom is 0.227 e. The van der Waals surface area contributed by atoms with E-state index < -0.39 is 0 Å². The fraction of sp³-hybridized carbons (Fsp3) is 0.421. The van der Waals surface area contributed by atoms with Crippen LogP contribution in [0.5, 0.6) is 0 Å². The van der Waals surface area contributed by atoms with Gasteiger partial charge in [-0.3, -0.25) is 14.6 Å². The van der Waals surface area contributed by atoms with E-state index in [0.29, 0.717) is 32.5 Å². The number of piperidine rings is 1. The van der Waals surface area contributed by atoms with Crippen molar-refractivity contribution < 1.29 is 9.59 Å². The van der Waals surface area contributed by atoms with Gasteiger partial charge in [-0.05, 0) is 40.9 Å². The van der Waals surface area contributed by atoms with Crippen molar-refractivity contribution in [2.75, 3.05) is 20.1 Å². The summed E-state index contributed by atoms with van der Waals surface area (Å²) in [6.07, 6.45) is 3.58. The van der Waals surface area contributed by atoms with Crippen LogP contribution < -0.4 is 0 Å². The Morgan fingerprint density at radius 3 is 3.00 bits per heavy atom. The highest BCUT2D eigenvalue weighted by Gasteiger charge is 2.31. The van der Waals surface area contributed by atoms with Gasteiger partial charge in [0, 0.05) is 51.4 Å². The third-order valence-electron chi connectivity index (χ3n) is 4.59. The number of nitrogens with zero attached hydrogens (tertiary/aromatic N) is 3. The van der Waals surface area contributed by atoms with E-state index in [4.69, 9.17) is 0 Å². The largest absolute Gasteiger partial charge is 0.342 e. The molecule has 132 valence electrons. The number of rotatable bonds is 6. The Kier molecular flexibility index (Phi) is 5.81. The van der Waals surface area contributed by atoms with E-state index in [2.05, 4.69) is 10.4 Å². The summed E-state index contributed by atoms with van der Waals surface area (Å²) >= 11 is 1.64. The van der Waals surface area contributed by atoms with Crippen molar-refractivity contribution in [1.29, 1.82) is 0 Å². The fourth-order valence-corrected chi connectivity index (χ4v) is 3.83. The van der Waals surface area contributed by atoms with Crippen LogP contribution in [0, 0.1) is 5.92 Å². The van der Waals surface area contributed by atoms with E-state index in [-0.39, 0.29) is 17.7 Å². The number of thiophene rings is 1. The SMILES string of the molecule is CN(Cc1ccsc1)C(=O)C1CCC(=O)N(CCc2ccccn2)C1. The predicted molar refractivity (Wildman–Crippen MR) is 98.0 cm³/mol. The molecule has 0 aromatic carbocycles. The minimum atomic E-state index is -0.106. The van der Waals surface area contributed by atoms with Crippen molar-refractivity contribution in [2.24, 2.45) is 5.92 Å². The molecular weight excluding hydrogens is 334 g/mol. The van der Waals surface area contributed by atoms with E-state index >= 15 is 0 Å². The van der Waals surface area contributed by atoms with E-state index in [1.54, 1.807) is 22.4 Å². The highest BCUT2D eigenvalue weighted by atomic mass is 32.1. The lowest BCUT2D eigenvalue weighted by Crippen LogP contribution is -2.46. The molecule has 2 aromatic rings. The maximum atomic E-state index is 12.7. The quantitative estimate of drug-likeness (QED) is 0.798. The average molecular weight is 357 g/mol. The van der Waals surface area contributed by atoms with Gasteiger partial charge in [-0.25, -0.2) is 0 Å². The van der Waals surface area contributed by atoms with Crippen LogP contribution in [0.3, 0.4) is 0 Å². The summed E-state index contributed by atoms with van der Waals surface area (Å²) in [6, 6.07) is 7.84. The molecule has 0 saturated carbocycles. The van der Waals surface area contributed by atoms with Gasteiger partial charge < -0.3 is 9.80 Å². The number of pyridine rings is 1. The lowest BCUT2D eigenvalue weighted by molar-refractivity contribution is -0.142. The molecule has 3 rings (SSSR count). The molecule has 1 aliphatic heterocycles. The van der Waals surface area contributed by atoms with Gasteiger partial charge in [-0.15, -0.1) is 0 Å². The smallest absolute Gasteiger partial charge is 0.227 e. The van der Waals surface area contributed by atoms with Crippen LogP contribution in [0.4, 0.5) is 0 Å². The zero-order valence-electron chi connectivity index (χ0n) is 14.4. The standard InChI is InChI=1S/C19H23N3O2S/c1-21(12-15-8-11-25-14-15)19(24)16-5-6-18(23)22(13-16)10-7-17-4-2-3-9-20-17/h2-4,8-9,11,14,16H,5-7,10,12-13H2,1H3. The topological polar surface area (TPSA) is 53.5 Å². The van der Waals surface area contributed by atoms with Gasteiger partial charge in [0.25, 0.3) is 0 Å². The second kappa shape index (κ2) is 8.25. The molecule has 1 fully saturated rings. The second-order valence-corrected chi connectivity index (χ2v) is 7.25. The molecule has 3 heterocycles. The molecule has 0 spiro atoms. The van der Waals surface area contributed by atoms with Gasteiger partial charge in [0.05, 0.1) is 5.92 Å². The monoisotopic (exact) mass is 357 g/mol. The van der Waals surface area contributed by atoms with Crippen molar-refractivity contribution in [3.63, 3.8) is 0 Å². The van der Waals surface area contributed by atoms with Crippen LogP contribution in [0.25, 0.3) is 0 Å². The Hall–Kier alpha value is -2.21. The van der Waals surface area contributed by atoms with Crippen LogP contribution >= 0.6 is 11.3 Å². The Bertz CT molecular complexity index is 703. The summed E-state index contributed by atoms with van der Waals surface area (Å²) in [5.74, 6) is 0.159. The van der Waals surface area contributed by atoms with Gasteiger partial charge in [0.1, 0.15) is 0 Å². The maximum absolute atomic E-state index is 12.7. The molecule has 1 saturated heterocycles. The normalized spacial score (nSPS) is 17.6. The zero-order chi connectivity index (χ0) is 17.6. The van der Waals surface area contributed by atoms with E-state index in [9.17, 15) is 9.59 Å². The van der Waals surface area contributed by atoms with Crippen LogP contribution in [0.15, 0.2) is 41.2 Å². The van der Waals surface area contributed by atoms with Crippen molar-refractivity contribution >= 4 is 23.2 Å². The van der Waals surface area contributed by atoms with Crippen LogP contribution in [0.1, 0.15) is 24.1 Å².